The second kappa shape index (κ2) is 5.50. The van der Waals surface area contributed by atoms with Gasteiger partial charge in [-0.05, 0) is 24.5 Å². The lowest BCUT2D eigenvalue weighted by atomic mass is 10.1. The number of anilines is 1. The van der Waals surface area contributed by atoms with Crippen molar-refractivity contribution in [1.82, 2.24) is 10.1 Å². The summed E-state index contributed by atoms with van der Waals surface area (Å²) in [7, 11) is 1.60. The third-order valence-corrected chi connectivity index (χ3v) is 3.45. The van der Waals surface area contributed by atoms with Gasteiger partial charge in [-0.15, -0.1) is 0 Å². The van der Waals surface area contributed by atoms with E-state index in [9.17, 15) is 0 Å². The summed E-state index contributed by atoms with van der Waals surface area (Å²) in [5.41, 5.74) is 7.26. The van der Waals surface area contributed by atoms with Gasteiger partial charge < -0.3 is 19.7 Å². The molecule has 1 aromatic carbocycles. The van der Waals surface area contributed by atoms with E-state index in [4.69, 9.17) is 19.7 Å². The third-order valence-electron chi connectivity index (χ3n) is 3.45. The molecule has 0 aliphatic carbocycles. The zero-order valence-electron chi connectivity index (χ0n) is 11.3. The van der Waals surface area contributed by atoms with Crippen molar-refractivity contribution in [2.45, 2.75) is 12.8 Å². The van der Waals surface area contributed by atoms with E-state index in [0.717, 1.165) is 31.6 Å². The summed E-state index contributed by atoms with van der Waals surface area (Å²) < 4.78 is 15.8. The van der Waals surface area contributed by atoms with Crippen LogP contribution in [0.2, 0.25) is 0 Å². The molecule has 0 saturated carbocycles. The van der Waals surface area contributed by atoms with Crippen LogP contribution in [0.25, 0.3) is 11.5 Å². The molecule has 1 unspecified atom stereocenters. The lowest BCUT2D eigenvalue weighted by Crippen LogP contribution is -2.04. The van der Waals surface area contributed by atoms with Crippen molar-refractivity contribution in [1.29, 1.82) is 0 Å². The van der Waals surface area contributed by atoms with Crippen molar-refractivity contribution in [3.05, 3.63) is 24.0 Å². The van der Waals surface area contributed by atoms with E-state index in [2.05, 4.69) is 10.1 Å². The van der Waals surface area contributed by atoms with Crippen molar-refractivity contribution < 1.29 is 14.0 Å². The highest BCUT2D eigenvalue weighted by Crippen LogP contribution is 2.28. The molecule has 2 heterocycles. The molecule has 0 spiro atoms. The monoisotopic (exact) mass is 275 g/mol. The summed E-state index contributed by atoms with van der Waals surface area (Å²) in [6.07, 6.45) is 1.83. The van der Waals surface area contributed by atoms with Gasteiger partial charge in [0.15, 0.2) is 5.82 Å². The minimum absolute atomic E-state index is 0.444. The van der Waals surface area contributed by atoms with Crippen molar-refractivity contribution in [3.63, 3.8) is 0 Å². The average molecular weight is 275 g/mol. The second-order valence-corrected chi connectivity index (χ2v) is 4.90. The Kier molecular flexibility index (Phi) is 3.56. The molecular formula is C14H17N3O3. The van der Waals surface area contributed by atoms with Crippen molar-refractivity contribution in [3.8, 4) is 17.2 Å². The molecule has 6 nitrogen and oxygen atoms in total. The van der Waals surface area contributed by atoms with Crippen LogP contribution >= 0.6 is 0 Å². The molecule has 1 saturated heterocycles. The van der Waals surface area contributed by atoms with E-state index in [0.29, 0.717) is 29.1 Å². The van der Waals surface area contributed by atoms with Crippen molar-refractivity contribution >= 4 is 5.69 Å². The van der Waals surface area contributed by atoms with Gasteiger partial charge in [0.1, 0.15) is 5.75 Å². The van der Waals surface area contributed by atoms with E-state index in [1.54, 1.807) is 13.2 Å². The number of hydrogen-bond donors (Lipinski definition) is 1. The van der Waals surface area contributed by atoms with Crippen LogP contribution in [0.3, 0.4) is 0 Å². The van der Waals surface area contributed by atoms with Crippen LogP contribution in [0.1, 0.15) is 12.2 Å². The van der Waals surface area contributed by atoms with Gasteiger partial charge >= 0.3 is 0 Å². The number of hydrogen-bond acceptors (Lipinski definition) is 6. The Morgan fingerprint density at radius 2 is 2.35 bits per heavy atom. The number of methoxy groups -OCH3 is 1. The Morgan fingerprint density at radius 3 is 3.05 bits per heavy atom. The van der Waals surface area contributed by atoms with Crippen LogP contribution < -0.4 is 10.5 Å². The fourth-order valence-electron chi connectivity index (χ4n) is 2.31. The zero-order chi connectivity index (χ0) is 13.9. The molecule has 0 amide bonds. The summed E-state index contributed by atoms with van der Waals surface area (Å²) in [5, 5.41) is 4.01. The quantitative estimate of drug-likeness (QED) is 0.858. The number of rotatable bonds is 4. The molecule has 6 heteroatoms. The summed E-state index contributed by atoms with van der Waals surface area (Å²) in [4.78, 5) is 4.41. The van der Waals surface area contributed by atoms with Crippen LogP contribution in [0, 0.1) is 5.92 Å². The molecule has 2 aromatic rings. The topological polar surface area (TPSA) is 83.4 Å². The molecule has 1 aliphatic rings. The molecule has 20 heavy (non-hydrogen) atoms. The molecule has 1 aromatic heterocycles. The second-order valence-electron chi connectivity index (χ2n) is 4.90. The molecule has 1 fully saturated rings. The van der Waals surface area contributed by atoms with Gasteiger partial charge in [0.2, 0.25) is 0 Å². The Labute approximate surface area is 116 Å². The Morgan fingerprint density at radius 1 is 1.45 bits per heavy atom. The molecule has 1 atom stereocenters. The molecule has 3 rings (SSSR count). The van der Waals surface area contributed by atoms with Crippen LogP contribution in [0.5, 0.6) is 5.75 Å². The van der Waals surface area contributed by atoms with Gasteiger partial charge in [0, 0.05) is 31.4 Å². The lowest BCUT2D eigenvalue weighted by molar-refractivity contribution is 0.185. The number of nitrogens with two attached hydrogens (primary N) is 1. The summed E-state index contributed by atoms with van der Waals surface area (Å²) >= 11 is 0. The smallest absolute Gasteiger partial charge is 0.260 e. The Balaban J connectivity index is 1.78. The van der Waals surface area contributed by atoms with Crippen LogP contribution in [0.15, 0.2) is 22.7 Å². The van der Waals surface area contributed by atoms with Gasteiger partial charge in [-0.1, -0.05) is 5.16 Å². The highest BCUT2D eigenvalue weighted by atomic mass is 16.5. The first kappa shape index (κ1) is 12.9. The zero-order valence-corrected chi connectivity index (χ0v) is 11.3. The molecule has 0 radical (unpaired) electrons. The number of benzene rings is 1. The molecule has 1 aliphatic heterocycles. The average Bonchev–Trinajstić information content (AvgIpc) is 3.11. The number of ether oxygens (including phenoxy) is 2. The van der Waals surface area contributed by atoms with Crippen LogP contribution in [0.4, 0.5) is 5.69 Å². The van der Waals surface area contributed by atoms with Gasteiger partial charge in [-0.2, -0.15) is 4.98 Å². The SMILES string of the molecule is COc1ccc(-c2nc(CC3CCOC3)no2)c(N)c1. The van der Waals surface area contributed by atoms with Gasteiger partial charge in [-0.25, -0.2) is 0 Å². The number of nitrogen functional groups attached to an aromatic ring is 1. The van der Waals surface area contributed by atoms with E-state index >= 15 is 0 Å². The fourth-order valence-corrected chi connectivity index (χ4v) is 2.31. The minimum Gasteiger partial charge on any atom is -0.497 e. The summed E-state index contributed by atoms with van der Waals surface area (Å²) in [6, 6.07) is 5.38. The van der Waals surface area contributed by atoms with Crippen molar-refractivity contribution in [2.75, 3.05) is 26.1 Å². The van der Waals surface area contributed by atoms with Crippen LogP contribution in [-0.2, 0) is 11.2 Å². The lowest BCUT2D eigenvalue weighted by Gasteiger charge is -2.04. The van der Waals surface area contributed by atoms with E-state index in [1.165, 1.54) is 0 Å². The maximum absolute atomic E-state index is 5.97. The Hall–Kier alpha value is -2.08. The summed E-state index contributed by atoms with van der Waals surface area (Å²) in [6.45, 7) is 1.59. The molecule has 106 valence electrons. The normalized spacial score (nSPS) is 18.4. The van der Waals surface area contributed by atoms with E-state index in [1.807, 2.05) is 12.1 Å². The molecule has 0 bridgehead atoms. The Bertz CT molecular complexity index is 591. The number of nitrogens with zero attached hydrogens (tertiary/aromatic N) is 2. The standard InChI is InChI=1S/C14H17N3O3/c1-18-10-2-3-11(12(15)7-10)14-16-13(17-20-14)6-9-4-5-19-8-9/h2-3,7,9H,4-6,8,15H2,1H3. The minimum atomic E-state index is 0.444. The van der Waals surface area contributed by atoms with E-state index < -0.39 is 0 Å². The first-order valence-electron chi connectivity index (χ1n) is 6.60. The first-order chi connectivity index (χ1) is 9.76. The molecule has 2 N–H and O–H groups in total. The number of aromatic nitrogens is 2. The first-order valence-corrected chi connectivity index (χ1v) is 6.60. The third kappa shape index (κ3) is 2.60. The van der Waals surface area contributed by atoms with E-state index in [-0.39, 0.29) is 0 Å². The molecular weight excluding hydrogens is 258 g/mol. The highest BCUT2D eigenvalue weighted by Gasteiger charge is 2.20. The van der Waals surface area contributed by atoms with Gasteiger partial charge in [0.05, 0.1) is 12.7 Å². The summed E-state index contributed by atoms with van der Waals surface area (Å²) in [5.74, 6) is 2.33. The maximum Gasteiger partial charge on any atom is 0.260 e. The maximum atomic E-state index is 5.97. The van der Waals surface area contributed by atoms with Gasteiger partial charge in [-0.3, -0.25) is 0 Å². The fraction of sp³-hybridized carbons (Fsp3) is 0.429. The van der Waals surface area contributed by atoms with Crippen molar-refractivity contribution in [2.24, 2.45) is 5.92 Å². The highest BCUT2D eigenvalue weighted by molar-refractivity contribution is 5.71. The van der Waals surface area contributed by atoms with Gasteiger partial charge in [0.25, 0.3) is 5.89 Å². The largest absolute Gasteiger partial charge is 0.497 e. The predicted octanol–water partition coefficient (Wildman–Crippen LogP) is 1.91. The predicted molar refractivity (Wildman–Crippen MR) is 73.3 cm³/mol. The van der Waals surface area contributed by atoms with Crippen LogP contribution in [-0.4, -0.2) is 30.5 Å².